The molecule has 0 radical (unpaired) electrons. The van der Waals surface area contributed by atoms with E-state index in [1.54, 1.807) is 11.8 Å². The molecule has 0 saturated carbocycles. The van der Waals surface area contributed by atoms with Crippen LogP contribution in [0.25, 0.3) is 0 Å². The van der Waals surface area contributed by atoms with E-state index in [-0.39, 0.29) is 11.8 Å². The van der Waals surface area contributed by atoms with Crippen LogP contribution in [0.15, 0.2) is 35.8 Å². The molecule has 3 aliphatic rings. The Balaban J connectivity index is 1.47. The maximum Gasteiger partial charge on any atom is 0.292 e. The molecular weight excluding hydrogens is 356 g/mol. The van der Waals surface area contributed by atoms with Crippen LogP contribution < -0.4 is 0 Å². The van der Waals surface area contributed by atoms with Crippen LogP contribution in [-0.4, -0.2) is 54.5 Å². The number of aryl methyl sites for hydroxylation is 1. The van der Waals surface area contributed by atoms with Gasteiger partial charge in [0, 0.05) is 26.2 Å². The minimum Gasteiger partial charge on any atom is -0.491 e. The Labute approximate surface area is 166 Å². The van der Waals surface area contributed by atoms with Gasteiger partial charge in [0.2, 0.25) is 11.7 Å². The third kappa shape index (κ3) is 3.48. The third-order valence-electron chi connectivity index (χ3n) is 6.08. The molecule has 6 nitrogen and oxygen atoms in total. The zero-order valence-corrected chi connectivity index (χ0v) is 16.7. The number of carbonyl (C=O) groups excluding carboxylic acids is 2. The SMILES string of the molecule is CC1=C(C(=O)N2CC[C@@]3(CCCN(Cc4cccc(C)c4)C3=O)C2)OCCO1. The number of amides is 2. The topological polar surface area (TPSA) is 59.1 Å². The Morgan fingerprint density at radius 2 is 1.96 bits per heavy atom. The van der Waals surface area contributed by atoms with E-state index in [1.807, 2.05) is 11.0 Å². The molecule has 1 aromatic rings. The van der Waals surface area contributed by atoms with Gasteiger partial charge in [0.1, 0.15) is 19.0 Å². The predicted octanol–water partition coefficient (Wildman–Crippen LogP) is 2.61. The van der Waals surface area contributed by atoms with Gasteiger partial charge in [-0.25, -0.2) is 0 Å². The standard InChI is InChI=1S/C22H28N2O4/c1-16-5-3-6-18(13-16)14-23-9-4-7-22(21(23)26)8-10-24(15-22)20(25)19-17(2)27-11-12-28-19/h3,5-6,13H,4,7-12,14-15H2,1-2H3/t22-/m0/s1. The average molecular weight is 384 g/mol. The van der Waals surface area contributed by atoms with Crippen LogP contribution in [0.2, 0.25) is 0 Å². The molecule has 2 saturated heterocycles. The molecule has 1 atom stereocenters. The summed E-state index contributed by atoms with van der Waals surface area (Å²) in [4.78, 5) is 30.0. The maximum absolute atomic E-state index is 13.4. The van der Waals surface area contributed by atoms with Crippen molar-refractivity contribution in [3.05, 3.63) is 46.9 Å². The molecule has 1 aromatic carbocycles. The lowest BCUT2D eigenvalue weighted by molar-refractivity contribution is -0.147. The van der Waals surface area contributed by atoms with Crippen LogP contribution in [0.4, 0.5) is 0 Å². The summed E-state index contributed by atoms with van der Waals surface area (Å²) < 4.78 is 11.0. The van der Waals surface area contributed by atoms with Gasteiger partial charge in [-0.1, -0.05) is 29.8 Å². The molecule has 28 heavy (non-hydrogen) atoms. The predicted molar refractivity (Wildman–Crippen MR) is 104 cm³/mol. The molecule has 0 N–H and O–H groups in total. The van der Waals surface area contributed by atoms with Crippen molar-refractivity contribution in [1.82, 2.24) is 9.80 Å². The zero-order chi connectivity index (χ0) is 19.7. The van der Waals surface area contributed by atoms with Gasteiger partial charge in [0.05, 0.1) is 5.41 Å². The largest absolute Gasteiger partial charge is 0.491 e. The molecule has 2 fully saturated rings. The first kappa shape index (κ1) is 18.8. The fourth-order valence-electron chi connectivity index (χ4n) is 4.62. The number of piperidine rings is 1. The van der Waals surface area contributed by atoms with Crippen LogP contribution >= 0.6 is 0 Å². The lowest BCUT2D eigenvalue weighted by atomic mass is 9.78. The molecular formula is C22H28N2O4. The Hall–Kier alpha value is -2.50. The summed E-state index contributed by atoms with van der Waals surface area (Å²) in [7, 11) is 0. The molecule has 0 aromatic heterocycles. The highest BCUT2D eigenvalue weighted by atomic mass is 16.6. The number of rotatable bonds is 3. The lowest BCUT2D eigenvalue weighted by Crippen LogP contribution is -2.50. The minimum atomic E-state index is -0.457. The van der Waals surface area contributed by atoms with Gasteiger partial charge in [-0.3, -0.25) is 9.59 Å². The van der Waals surface area contributed by atoms with Crippen molar-refractivity contribution in [2.24, 2.45) is 5.41 Å². The Morgan fingerprint density at radius 3 is 2.75 bits per heavy atom. The van der Waals surface area contributed by atoms with E-state index in [1.165, 1.54) is 5.56 Å². The van der Waals surface area contributed by atoms with Crippen LogP contribution in [0.5, 0.6) is 0 Å². The van der Waals surface area contributed by atoms with E-state index in [2.05, 4.69) is 25.1 Å². The van der Waals surface area contributed by atoms with Crippen LogP contribution in [0, 0.1) is 12.3 Å². The van der Waals surface area contributed by atoms with Crippen LogP contribution in [0.1, 0.15) is 37.3 Å². The molecule has 0 bridgehead atoms. The normalized spacial score (nSPS) is 25.1. The van der Waals surface area contributed by atoms with E-state index in [9.17, 15) is 9.59 Å². The van der Waals surface area contributed by atoms with Gasteiger partial charge in [-0.2, -0.15) is 0 Å². The highest BCUT2D eigenvalue weighted by Gasteiger charge is 2.50. The Bertz CT molecular complexity index is 819. The second kappa shape index (κ2) is 7.49. The first-order valence-electron chi connectivity index (χ1n) is 10.1. The summed E-state index contributed by atoms with van der Waals surface area (Å²) in [5.41, 5.74) is 1.90. The second-order valence-corrected chi connectivity index (χ2v) is 8.16. The van der Waals surface area contributed by atoms with Gasteiger partial charge in [0.15, 0.2) is 0 Å². The fraction of sp³-hybridized carbons (Fsp3) is 0.545. The summed E-state index contributed by atoms with van der Waals surface area (Å²) in [5, 5.41) is 0. The van der Waals surface area contributed by atoms with Crippen molar-refractivity contribution in [2.45, 2.75) is 39.7 Å². The molecule has 0 aliphatic carbocycles. The number of hydrogen-bond donors (Lipinski definition) is 0. The van der Waals surface area contributed by atoms with Crippen molar-refractivity contribution in [3.63, 3.8) is 0 Å². The van der Waals surface area contributed by atoms with Gasteiger partial charge in [0.25, 0.3) is 5.91 Å². The fourth-order valence-corrected chi connectivity index (χ4v) is 4.62. The van der Waals surface area contributed by atoms with Crippen molar-refractivity contribution in [1.29, 1.82) is 0 Å². The van der Waals surface area contributed by atoms with E-state index in [0.717, 1.165) is 31.4 Å². The first-order chi connectivity index (χ1) is 13.5. The zero-order valence-electron chi connectivity index (χ0n) is 16.7. The molecule has 3 aliphatic heterocycles. The molecule has 6 heteroatoms. The molecule has 150 valence electrons. The van der Waals surface area contributed by atoms with Crippen molar-refractivity contribution >= 4 is 11.8 Å². The molecule has 4 rings (SSSR count). The van der Waals surface area contributed by atoms with Crippen molar-refractivity contribution < 1.29 is 19.1 Å². The van der Waals surface area contributed by atoms with E-state index in [4.69, 9.17) is 9.47 Å². The smallest absolute Gasteiger partial charge is 0.292 e. The maximum atomic E-state index is 13.4. The van der Waals surface area contributed by atoms with Crippen molar-refractivity contribution in [2.75, 3.05) is 32.8 Å². The van der Waals surface area contributed by atoms with Gasteiger partial charge in [-0.15, -0.1) is 0 Å². The molecule has 0 unspecified atom stereocenters. The van der Waals surface area contributed by atoms with Gasteiger partial charge in [-0.05, 0) is 38.7 Å². The first-order valence-corrected chi connectivity index (χ1v) is 10.1. The Kier molecular flexibility index (Phi) is 5.04. The summed E-state index contributed by atoms with van der Waals surface area (Å²) in [6, 6.07) is 8.31. The summed E-state index contributed by atoms with van der Waals surface area (Å²) in [5.74, 6) is 0.858. The second-order valence-electron chi connectivity index (χ2n) is 8.16. The van der Waals surface area contributed by atoms with Crippen LogP contribution in [-0.2, 0) is 25.6 Å². The van der Waals surface area contributed by atoms with Crippen LogP contribution in [0.3, 0.4) is 0 Å². The van der Waals surface area contributed by atoms with E-state index < -0.39 is 5.41 Å². The quantitative estimate of drug-likeness (QED) is 0.804. The number of hydrogen-bond acceptors (Lipinski definition) is 4. The molecule has 3 heterocycles. The summed E-state index contributed by atoms with van der Waals surface area (Å²) in [6.45, 7) is 7.16. The number of carbonyl (C=O) groups is 2. The highest BCUT2D eigenvalue weighted by molar-refractivity contribution is 5.93. The van der Waals surface area contributed by atoms with Gasteiger partial charge >= 0.3 is 0 Å². The highest BCUT2D eigenvalue weighted by Crippen LogP contribution is 2.41. The Morgan fingerprint density at radius 1 is 1.14 bits per heavy atom. The monoisotopic (exact) mass is 384 g/mol. The van der Waals surface area contributed by atoms with E-state index in [0.29, 0.717) is 44.4 Å². The number of benzene rings is 1. The lowest BCUT2D eigenvalue weighted by Gasteiger charge is -2.39. The summed E-state index contributed by atoms with van der Waals surface area (Å²) >= 11 is 0. The third-order valence-corrected chi connectivity index (χ3v) is 6.08. The van der Waals surface area contributed by atoms with Crippen molar-refractivity contribution in [3.8, 4) is 0 Å². The number of likely N-dealkylation sites (tertiary alicyclic amines) is 2. The average Bonchev–Trinajstić information content (AvgIpc) is 3.11. The number of ether oxygens (including phenoxy) is 2. The number of allylic oxidation sites excluding steroid dienone is 1. The molecule has 1 spiro atoms. The molecule has 2 amide bonds. The van der Waals surface area contributed by atoms with E-state index >= 15 is 0 Å². The van der Waals surface area contributed by atoms with Gasteiger partial charge < -0.3 is 19.3 Å². The summed E-state index contributed by atoms with van der Waals surface area (Å²) in [6.07, 6.45) is 2.53. The number of nitrogens with zero attached hydrogens (tertiary/aromatic N) is 2. The minimum absolute atomic E-state index is 0.155.